The van der Waals surface area contributed by atoms with E-state index in [0.717, 1.165) is 23.1 Å². The van der Waals surface area contributed by atoms with Gasteiger partial charge in [0.1, 0.15) is 12.3 Å². The smallest absolute Gasteiger partial charge is 0.254 e. The highest BCUT2D eigenvalue weighted by Gasteiger charge is 2.34. The molecule has 0 saturated carbocycles. The molecular formula is C29H28N2O3S. The number of fused-ring (bicyclic) bond motifs is 1. The van der Waals surface area contributed by atoms with Crippen molar-refractivity contribution in [1.29, 1.82) is 0 Å². The molecule has 178 valence electrons. The van der Waals surface area contributed by atoms with E-state index >= 15 is 0 Å². The lowest BCUT2D eigenvalue weighted by molar-refractivity contribution is -0.134. The first-order valence-corrected chi connectivity index (χ1v) is 12.7. The first kappa shape index (κ1) is 23.1. The van der Waals surface area contributed by atoms with Crippen molar-refractivity contribution in [3.63, 3.8) is 0 Å². The predicted octanol–water partition coefficient (Wildman–Crippen LogP) is 5.77. The predicted molar refractivity (Wildman–Crippen MR) is 137 cm³/mol. The number of thiophene rings is 1. The average molecular weight is 485 g/mol. The second kappa shape index (κ2) is 9.92. The minimum absolute atomic E-state index is 0.0186. The molecule has 2 aromatic heterocycles. The summed E-state index contributed by atoms with van der Waals surface area (Å²) in [5.74, 6) is 0.394. The van der Waals surface area contributed by atoms with Gasteiger partial charge in [-0.15, -0.1) is 11.3 Å². The zero-order valence-electron chi connectivity index (χ0n) is 19.9. The second-order valence-corrected chi connectivity index (χ2v) is 10.0. The summed E-state index contributed by atoms with van der Waals surface area (Å²) in [7, 11) is 0. The lowest BCUT2D eigenvalue weighted by atomic mass is 9.90. The normalized spacial score (nSPS) is 15.0. The number of hydrogen-bond donors (Lipinski definition) is 0. The molecule has 2 aromatic carbocycles. The quantitative estimate of drug-likeness (QED) is 0.349. The molecule has 35 heavy (non-hydrogen) atoms. The zero-order valence-corrected chi connectivity index (χ0v) is 20.8. The van der Waals surface area contributed by atoms with Gasteiger partial charge >= 0.3 is 0 Å². The Balaban J connectivity index is 1.46. The fourth-order valence-corrected chi connectivity index (χ4v) is 5.64. The van der Waals surface area contributed by atoms with E-state index in [1.54, 1.807) is 28.6 Å². The Labute approximate surface area is 209 Å². The van der Waals surface area contributed by atoms with Crippen LogP contribution in [0.25, 0.3) is 0 Å². The van der Waals surface area contributed by atoms with E-state index in [0.29, 0.717) is 17.9 Å². The molecule has 0 N–H and O–H groups in total. The zero-order chi connectivity index (χ0) is 24.4. The third-order valence-corrected chi connectivity index (χ3v) is 7.60. The van der Waals surface area contributed by atoms with E-state index in [1.807, 2.05) is 54.3 Å². The van der Waals surface area contributed by atoms with Crippen LogP contribution in [0.15, 0.2) is 82.8 Å². The van der Waals surface area contributed by atoms with Crippen LogP contribution in [0.1, 0.15) is 49.3 Å². The van der Waals surface area contributed by atoms with E-state index < -0.39 is 0 Å². The number of furan rings is 1. The van der Waals surface area contributed by atoms with Crippen molar-refractivity contribution in [2.45, 2.75) is 32.9 Å². The summed E-state index contributed by atoms with van der Waals surface area (Å²) in [4.78, 5) is 32.2. The highest BCUT2D eigenvalue weighted by Crippen LogP contribution is 2.39. The van der Waals surface area contributed by atoms with Crippen LogP contribution in [-0.2, 0) is 17.8 Å². The van der Waals surface area contributed by atoms with Crippen molar-refractivity contribution >= 4 is 23.2 Å². The van der Waals surface area contributed by atoms with Gasteiger partial charge in [0, 0.05) is 17.0 Å². The van der Waals surface area contributed by atoms with Crippen molar-refractivity contribution in [2.75, 3.05) is 13.1 Å². The van der Waals surface area contributed by atoms with E-state index in [2.05, 4.69) is 30.5 Å². The molecule has 2 amide bonds. The van der Waals surface area contributed by atoms with Gasteiger partial charge in [-0.05, 0) is 72.7 Å². The molecular weight excluding hydrogens is 456 g/mol. The number of aryl methyl sites for hydroxylation is 2. The summed E-state index contributed by atoms with van der Waals surface area (Å²) in [6.45, 7) is 4.91. The average Bonchev–Trinajstić information content (AvgIpc) is 3.55. The van der Waals surface area contributed by atoms with Gasteiger partial charge in [-0.25, -0.2) is 0 Å². The van der Waals surface area contributed by atoms with Crippen molar-refractivity contribution in [1.82, 2.24) is 9.80 Å². The van der Waals surface area contributed by atoms with Crippen molar-refractivity contribution in [3.05, 3.63) is 117 Å². The molecule has 5 rings (SSSR count). The molecule has 0 spiro atoms. The van der Waals surface area contributed by atoms with Crippen molar-refractivity contribution < 1.29 is 14.0 Å². The molecule has 1 unspecified atom stereocenters. The number of carbonyl (C=O) groups excluding carboxylic acids is 2. The first-order chi connectivity index (χ1) is 17.0. The molecule has 0 fully saturated rings. The van der Waals surface area contributed by atoms with Crippen LogP contribution < -0.4 is 0 Å². The minimum atomic E-state index is -0.185. The van der Waals surface area contributed by atoms with E-state index in [-0.39, 0.29) is 30.9 Å². The molecule has 0 bridgehead atoms. The molecule has 0 radical (unpaired) electrons. The number of rotatable bonds is 6. The van der Waals surface area contributed by atoms with Gasteiger partial charge in [0.05, 0.1) is 18.8 Å². The largest absolute Gasteiger partial charge is 0.467 e. The first-order valence-electron chi connectivity index (χ1n) is 11.8. The number of nitrogens with zero attached hydrogens (tertiary/aromatic N) is 2. The van der Waals surface area contributed by atoms with Gasteiger partial charge < -0.3 is 14.2 Å². The lowest BCUT2D eigenvalue weighted by Gasteiger charge is -2.38. The van der Waals surface area contributed by atoms with Crippen molar-refractivity contribution in [2.24, 2.45) is 0 Å². The third-order valence-electron chi connectivity index (χ3n) is 6.61. The van der Waals surface area contributed by atoms with Crippen LogP contribution >= 0.6 is 11.3 Å². The summed E-state index contributed by atoms with van der Waals surface area (Å²) in [5.41, 5.74) is 5.10. The summed E-state index contributed by atoms with van der Waals surface area (Å²) >= 11 is 1.75. The van der Waals surface area contributed by atoms with Crippen LogP contribution in [0.4, 0.5) is 0 Å². The molecule has 0 saturated heterocycles. The SMILES string of the molecule is Cc1ccc(C(=O)N(CC(=O)N2CCc3sccc3C2c2ccccc2C)Cc2ccco2)cc1. The Hall–Kier alpha value is -3.64. The van der Waals surface area contributed by atoms with Crippen LogP contribution in [0, 0.1) is 13.8 Å². The summed E-state index contributed by atoms with van der Waals surface area (Å²) in [5, 5.41) is 2.11. The number of hydrogen-bond acceptors (Lipinski definition) is 4. The van der Waals surface area contributed by atoms with Crippen LogP contribution in [0.5, 0.6) is 0 Å². The van der Waals surface area contributed by atoms with Gasteiger partial charge in [0.2, 0.25) is 5.91 Å². The highest BCUT2D eigenvalue weighted by atomic mass is 32.1. The maximum absolute atomic E-state index is 13.9. The summed E-state index contributed by atoms with van der Waals surface area (Å²) in [6.07, 6.45) is 2.41. The molecule has 5 nitrogen and oxygen atoms in total. The Kier molecular flexibility index (Phi) is 6.55. The van der Waals surface area contributed by atoms with Crippen LogP contribution in [-0.4, -0.2) is 34.7 Å². The van der Waals surface area contributed by atoms with Gasteiger partial charge in [0.15, 0.2) is 0 Å². The molecule has 4 aromatic rings. The maximum Gasteiger partial charge on any atom is 0.254 e. The minimum Gasteiger partial charge on any atom is -0.467 e. The molecule has 3 heterocycles. The molecule has 1 aliphatic rings. The second-order valence-electron chi connectivity index (χ2n) is 9.00. The van der Waals surface area contributed by atoms with E-state index in [9.17, 15) is 9.59 Å². The molecule has 6 heteroatoms. The molecule has 0 aliphatic carbocycles. The Morgan fingerprint density at radius 2 is 1.80 bits per heavy atom. The number of amides is 2. The van der Waals surface area contributed by atoms with Crippen molar-refractivity contribution in [3.8, 4) is 0 Å². The number of carbonyl (C=O) groups is 2. The van der Waals surface area contributed by atoms with Crippen LogP contribution in [0.2, 0.25) is 0 Å². The van der Waals surface area contributed by atoms with E-state index in [4.69, 9.17) is 4.42 Å². The fourth-order valence-electron chi connectivity index (χ4n) is 4.74. The van der Waals surface area contributed by atoms with Gasteiger partial charge in [-0.3, -0.25) is 9.59 Å². The topological polar surface area (TPSA) is 53.8 Å². The fraction of sp³-hybridized carbons (Fsp3) is 0.241. The Bertz CT molecular complexity index is 1320. The maximum atomic E-state index is 13.9. The lowest BCUT2D eigenvalue weighted by Crippen LogP contribution is -2.46. The standard InChI is InChI=1S/C29H28N2O3S/c1-20-9-11-22(12-10-20)29(33)30(18-23-7-5-16-34-23)19-27(32)31-15-13-26-25(14-17-35-26)28(31)24-8-4-3-6-21(24)2/h3-12,14,16-17,28H,13,15,18-19H2,1-2H3. The Morgan fingerprint density at radius 1 is 1.00 bits per heavy atom. The molecule has 1 aliphatic heterocycles. The summed E-state index contributed by atoms with van der Waals surface area (Å²) in [6, 6.07) is 21.3. The van der Waals surface area contributed by atoms with Gasteiger partial charge in [-0.2, -0.15) is 0 Å². The van der Waals surface area contributed by atoms with Gasteiger partial charge in [0.25, 0.3) is 5.91 Å². The van der Waals surface area contributed by atoms with Crippen LogP contribution in [0.3, 0.4) is 0 Å². The third kappa shape index (κ3) is 4.80. The highest BCUT2D eigenvalue weighted by molar-refractivity contribution is 7.10. The Morgan fingerprint density at radius 3 is 2.54 bits per heavy atom. The number of benzene rings is 2. The van der Waals surface area contributed by atoms with E-state index in [1.165, 1.54) is 10.4 Å². The summed E-state index contributed by atoms with van der Waals surface area (Å²) < 4.78 is 5.52. The van der Waals surface area contributed by atoms with Gasteiger partial charge in [-0.1, -0.05) is 42.0 Å². The molecule has 1 atom stereocenters. The monoisotopic (exact) mass is 484 g/mol.